The number of fused-ring (bicyclic) bond motifs is 1. The van der Waals surface area contributed by atoms with Crippen molar-refractivity contribution >= 4 is 18.4 Å². The van der Waals surface area contributed by atoms with Gasteiger partial charge >= 0.3 is 7.60 Å². The van der Waals surface area contributed by atoms with Crippen LogP contribution in [-0.4, -0.2) is 12.8 Å². The van der Waals surface area contributed by atoms with Gasteiger partial charge in [-0.2, -0.15) is 0 Å². The standard InChI is InChI=1S/C29H47O3P/c1-3-5-6-7-8-9-10-11-12-13-14-15-16-17-20-26-33(30,31-4-2)32-29-25-21-23-27-22-18-19-24-28(27)29/h18-19,21-25H,3-17,20,26H2,1-2H3. The van der Waals surface area contributed by atoms with E-state index in [0.29, 0.717) is 18.5 Å². The van der Waals surface area contributed by atoms with Gasteiger partial charge in [0.15, 0.2) is 0 Å². The monoisotopic (exact) mass is 474 g/mol. The largest absolute Gasteiger partial charge is 0.424 e. The summed E-state index contributed by atoms with van der Waals surface area (Å²) >= 11 is 0. The maximum atomic E-state index is 13.3. The first-order valence-electron chi connectivity index (χ1n) is 13.6. The summed E-state index contributed by atoms with van der Waals surface area (Å²) in [6.07, 6.45) is 20.3. The maximum Gasteiger partial charge on any atom is 0.379 e. The van der Waals surface area contributed by atoms with E-state index in [-0.39, 0.29) is 0 Å². The number of rotatable bonds is 20. The Morgan fingerprint density at radius 3 is 1.73 bits per heavy atom. The number of benzene rings is 2. The lowest BCUT2D eigenvalue weighted by Crippen LogP contribution is -2.03. The molecule has 0 spiro atoms. The summed E-state index contributed by atoms with van der Waals surface area (Å²) in [6, 6.07) is 13.9. The molecule has 0 aliphatic carbocycles. The third kappa shape index (κ3) is 11.6. The summed E-state index contributed by atoms with van der Waals surface area (Å²) in [7, 11) is -3.13. The lowest BCUT2D eigenvalue weighted by Gasteiger charge is -2.19. The van der Waals surface area contributed by atoms with Gasteiger partial charge in [-0.15, -0.1) is 0 Å². The Bertz CT molecular complexity index is 799. The summed E-state index contributed by atoms with van der Waals surface area (Å²) in [6.45, 7) is 4.56. The fourth-order valence-electron chi connectivity index (χ4n) is 4.44. The Balaban J connectivity index is 1.57. The van der Waals surface area contributed by atoms with E-state index in [2.05, 4.69) is 6.92 Å². The van der Waals surface area contributed by atoms with Crippen molar-refractivity contribution in [1.82, 2.24) is 0 Å². The SMILES string of the molecule is CCCCCCCCCCCCCCCCCP(=O)(OCC)Oc1cccc2ccccc12. The molecule has 3 nitrogen and oxygen atoms in total. The third-order valence-corrected chi connectivity index (χ3v) is 8.34. The van der Waals surface area contributed by atoms with E-state index >= 15 is 0 Å². The van der Waals surface area contributed by atoms with Gasteiger partial charge in [0.25, 0.3) is 0 Å². The van der Waals surface area contributed by atoms with Crippen LogP contribution in [0.2, 0.25) is 0 Å². The molecule has 0 saturated heterocycles. The first kappa shape index (κ1) is 27.9. The van der Waals surface area contributed by atoms with E-state index in [4.69, 9.17) is 9.05 Å². The molecular weight excluding hydrogens is 427 g/mol. The zero-order chi connectivity index (χ0) is 23.6. The quantitative estimate of drug-likeness (QED) is 0.141. The molecule has 1 atom stereocenters. The van der Waals surface area contributed by atoms with E-state index in [1.54, 1.807) is 0 Å². The fourth-order valence-corrected chi connectivity index (χ4v) is 6.17. The second-order valence-electron chi connectivity index (χ2n) is 9.27. The second-order valence-corrected chi connectivity index (χ2v) is 11.4. The Morgan fingerprint density at radius 2 is 1.15 bits per heavy atom. The molecule has 1 unspecified atom stereocenters. The molecule has 2 rings (SSSR count). The second kappa shape index (κ2) is 17.2. The number of hydrogen-bond donors (Lipinski definition) is 0. The molecule has 0 aliphatic rings. The van der Waals surface area contributed by atoms with Crippen LogP contribution in [0.25, 0.3) is 10.8 Å². The van der Waals surface area contributed by atoms with Crippen LogP contribution in [0.4, 0.5) is 0 Å². The average molecular weight is 475 g/mol. The van der Waals surface area contributed by atoms with Gasteiger partial charge in [-0.1, -0.05) is 133 Å². The van der Waals surface area contributed by atoms with Crippen molar-refractivity contribution < 1.29 is 13.6 Å². The summed E-state index contributed by atoms with van der Waals surface area (Å²) < 4.78 is 25.0. The minimum Gasteiger partial charge on any atom is -0.424 e. The molecule has 4 heteroatoms. The van der Waals surface area contributed by atoms with E-state index in [0.717, 1.165) is 23.6 Å². The van der Waals surface area contributed by atoms with Crippen LogP contribution < -0.4 is 4.52 Å². The third-order valence-electron chi connectivity index (χ3n) is 6.35. The van der Waals surface area contributed by atoms with Crippen LogP contribution in [0.3, 0.4) is 0 Å². The normalized spacial score (nSPS) is 13.3. The molecule has 0 bridgehead atoms. The highest BCUT2D eigenvalue weighted by Gasteiger charge is 2.25. The van der Waals surface area contributed by atoms with Crippen LogP contribution >= 0.6 is 7.60 Å². The van der Waals surface area contributed by atoms with Crippen LogP contribution in [0.1, 0.15) is 110 Å². The molecule has 0 saturated carbocycles. The average Bonchev–Trinajstić information content (AvgIpc) is 2.82. The molecule has 2 aromatic carbocycles. The zero-order valence-electron chi connectivity index (χ0n) is 21.2. The minimum atomic E-state index is -3.13. The van der Waals surface area contributed by atoms with Crippen LogP contribution in [0, 0.1) is 0 Å². The highest BCUT2D eigenvalue weighted by Crippen LogP contribution is 2.50. The van der Waals surface area contributed by atoms with Gasteiger partial charge in [0.1, 0.15) is 5.75 Å². The van der Waals surface area contributed by atoms with E-state index < -0.39 is 7.60 Å². The molecule has 0 aliphatic heterocycles. The van der Waals surface area contributed by atoms with Crippen molar-refractivity contribution in [1.29, 1.82) is 0 Å². The molecule has 0 fully saturated rings. The molecule has 0 N–H and O–H groups in total. The molecule has 2 aromatic rings. The van der Waals surface area contributed by atoms with Crippen LogP contribution in [0.5, 0.6) is 5.75 Å². The predicted molar refractivity (Wildman–Crippen MR) is 144 cm³/mol. The molecule has 0 radical (unpaired) electrons. The van der Waals surface area contributed by atoms with Crippen molar-refractivity contribution in [2.75, 3.05) is 12.8 Å². The molecule has 0 heterocycles. The fraction of sp³-hybridized carbons (Fsp3) is 0.655. The minimum absolute atomic E-state index is 0.404. The molecule has 0 amide bonds. The van der Waals surface area contributed by atoms with E-state index in [9.17, 15) is 4.57 Å². The van der Waals surface area contributed by atoms with Gasteiger partial charge < -0.3 is 9.05 Å². The maximum absolute atomic E-state index is 13.3. The Morgan fingerprint density at radius 1 is 0.636 bits per heavy atom. The first-order chi connectivity index (χ1) is 16.2. The van der Waals surface area contributed by atoms with Gasteiger partial charge in [-0.25, -0.2) is 4.57 Å². The Hall–Kier alpha value is -1.31. The van der Waals surface area contributed by atoms with Gasteiger partial charge in [0.2, 0.25) is 0 Å². The summed E-state index contributed by atoms with van der Waals surface area (Å²) in [5.74, 6) is 0.658. The summed E-state index contributed by atoms with van der Waals surface area (Å²) in [5, 5.41) is 2.07. The predicted octanol–water partition coefficient (Wildman–Crippen LogP) is 10.3. The zero-order valence-corrected chi connectivity index (χ0v) is 22.1. The van der Waals surface area contributed by atoms with E-state index in [1.807, 2.05) is 49.4 Å². The smallest absolute Gasteiger partial charge is 0.379 e. The van der Waals surface area contributed by atoms with E-state index in [1.165, 1.54) is 83.5 Å². The lowest BCUT2D eigenvalue weighted by molar-refractivity contribution is 0.279. The molecule has 33 heavy (non-hydrogen) atoms. The Kier molecular flexibility index (Phi) is 14.5. The summed E-state index contributed by atoms with van der Waals surface area (Å²) in [5.41, 5.74) is 0. The van der Waals surface area contributed by atoms with Crippen molar-refractivity contribution in [2.45, 2.75) is 110 Å². The first-order valence-corrected chi connectivity index (χ1v) is 15.3. The highest BCUT2D eigenvalue weighted by atomic mass is 31.2. The van der Waals surface area contributed by atoms with Gasteiger partial charge in [0, 0.05) is 5.39 Å². The molecule has 0 aromatic heterocycles. The number of unbranched alkanes of at least 4 members (excludes halogenated alkanes) is 14. The van der Waals surface area contributed by atoms with Crippen LogP contribution in [0.15, 0.2) is 42.5 Å². The summed E-state index contributed by atoms with van der Waals surface area (Å²) in [4.78, 5) is 0. The van der Waals surface area contributed by atoms with Crippen molar-refractivity contribution in [3.63, 3.8) is 0 Å². The molecule has 186 valence electrons. The van der Waals surface area contributed by atoms with Crippen molar-refractivity contribution in [2.24, 2.45) is 0 Å². The van der Waals surface area contributed by atoms with Gasteiger partial charge in [-0.3, -0.25) is 0 Å². The highest BCUT2D eigenvalue weighted by molar-refractivity contribution is 7.54. The number of hydrogen-bond acceptors (Lipinski definition) is 3. The molecular formula is C29H47O3P. The van der Waals surface area contributed by atoms with Crippen molar-refractivity contribution in [3.8, 4) is 5.75 Å². The lowest BCUT2D eigenvalue weighted by atomic mass is 10.0. The van der Waals surface area contributed by atoms with Crippen LogP contribution in [-0.2, 0) is 9.09 Å². The van der Waals surface area contributed by atoms with Crippen molar-refractivity contribution in [3.05, 3.63) is 42.5 Å². The topological polar surface area (TPSA) is 35.5 Å². The van der Waals surface area contributed by atoms with Gasteiger partial charge in [-0.05, 0) is 24.8 Å². The van der Waals surface area contributed by atoms with Gasteiger partial charge in [0.05, 0.1) is 12.8 Å². The Labute approximate surface area is 203 Å².